The highest BCUT2D eigenvalue weighted by Crippen LogP contribution is 2.28. The number of nitrogens with one attached hydrogen (secondary N) is 1. The van der Waals surface area contributed by atoms with Crippen molar-refractivity contribution in [3.05, 3.63) is 0 Å². The number of hydrogen-bond acceptors (Lipinski definition) is 3. The summed E-state index contributed by atoms with van der Waals surface area (Å²) in [5, 5.41) is 3.27. The number of nitrogens with zero attached hydrogens (tertiary/aromatic N) is 1. The molecular formula is C15H29N3O. The summed E-state index contributed by atoms with van der Waals surface area (Å²) in [6.07, 6.45) is 4.01. The van der Waals surface area contributed by atoms with Crippen LogP contribution in [0.3, 0.4) is 0 Å². The molecule has 19 heavy (non-hydrogen) atoms. The summed E-state index contributed by atoms with van der Waals surface area (Å²) in [6.45, 7) is 6.58. The van der Waals surface area contributed by atoms with E-state index in [1.54, 1.807) is 0 Å². The van der Waals surface area contributed by atoms with Crippen LogP contribution in [0.4, 0.5) is 0 Å². The van der Waals surface area contributed by atoms with Gasteiger partial charge in [0.2, 0.25) is 5.91 Å². The van der Waals surface area contributed by atoms with E-state index in [0.29, 0.717) is 17.9 Å². The van der Waals surface area contributed by atoms with E-state index in [4.69, 9.17) is 5.73 Å². The largest absolute Gasteiger partial charge is 0.353 e. The average Bonchev–Trinajstić information content (AvgIpc) is 2.36. The van der Waals surface area contributed by atoms with E-state index in [1.807, 2.05) is 0 Å². The van der Waals surface area contributed by atoms with Crippen molar-refractivity contribution in [1.82, 2.24) is 10.2 Å². The van der Waals surface area contributed by atoms with Gasteiger partial charge in [-0.05, 0) is 51.1 Å². The van der Waals surface area contributed by atoms with Crippen LogP contribution >= 0.6 is 0 Å². The van der Waals surface area contributed by atoms with Crippen LogP contribution in [-0.2, 0) is 4.79 Å². The fourth-order valence-corrected chi connectivity index (χ4v) is 3.46. The van der Waals surface area contributed by atoms with Gasteiger partial charge in [-0.25, -0.2) is 0 Å². The lowest BCUT2D eigenvalue weighted by atomic mass is 9.79. The first-order chi connectivity index (χ1) is 8.97. The van der Waals surface area contributed by atoms with E-state index < -0.39 is 0 Å². The number of piperidine rings is 1. The minimum absolute atomic E-state index is 0.137. The van der Waals surface area contributed by atoms with Crippen LogP contribution in [0.5, 0.6) is 0 Å². The monoisotopic (exact) mass is 267 g/mol. The molecule has 3 N–H and O–H groups in total. The van der Waals surface area contributed by atoms with Gasteiger partial charge in [0.25, 0.3) is 0 Å². The van der Waals surface area contributed by atoms with Gasteiger partial charge in [0, 0.05) is 24.5 Å². The van der Waals surface area contributed by atoms with Crippen LogP contribution in [0.1, 0.15) is 39.5 Å². The van der Waals surface area contributed by atoms with Gasteiger partial charge in [0.05, 0.1) is 0 Å². The summed E-state index contributed by atoms with van der Waals surface area (Å²) in [4.78, 5) is 14.7. The summed E-state index contributed by atoms with van der Waals surface area (Å²) in [7, 11) is 2.15. The molecule has 2 rings (SSSR count). The van der Waals surface area contributed by atoms with Crippen LogP contribution in [-0.4, -0.2) is 43.0 Å². The molecule has 0 spiro atoms. The fourth-order valence-electron chi connectivity index (χ4n) is 3.46. The Morgan fingerprint density at radius 3 is 2.58 bits per heavy atom. The summed E-state index contributed by atoms with van der Waals surface area (Å²) in [5.41, 5.74) is 6.10. The molecule has 1 heterocycles. The lowest BCUT2D eigenvalue weighted by Crippen LogP contribution is -2.51. The molecule has 2 aliphatic rings. The molecule has 0 aromatic carbocycles. The fraction of sp³-hybridized carbons (Fsp3) is 0.933. The van der Waals surface area contributed by atoms with Crippen molar-refractivity contribution in [2.24, 2.45) is 23.5 Å². The van der Waals surface area contributed by atoms with Gasteiger partial charge in [-0.1, -0.05) is 13.8 Å². The Morgan fingerprint density at radius 1 is 1.21 bits per heavy atom. The highest BCUT2D eigenvalue weighted by Gasteiger charge is 2.32. The van der Waals surface area contributed by atoms with Gasteiger partial charge < -0.3 is 16.0 Å². The second-order valence-corrected chi connectivity index (χ2v) is 6.79. The molecule has 1 amide bonds. The normalized spacial score (nSPS) is 40.9. The van der Waals surface area contributed by atoms with Crippen LogP contribution in [0, 0.1) is 17.8 Å². The highest BCUT2D eigenvalue weighted by molar-refractivity contribution is 5.79. The van der Waals surface area contributed by atoms with Crippen LogP contribution in [0.25, 0.3) is 0 Å². The third-order valence-electron chi connectivity index (χ3n) is 5.06. The zero-order chi connectivity index (χ0) is 14.0. The van der Waals surface area contributed by atoms with Crippen molar-refractivity contribution in [2.45, 2.75) is 51.6 Å². The maximum Gasteiger partial charge on any atom is 0.223 e. The molecule has 1 saturated heterocycles. The number of likely N-dealkylation sites (tertiary alicyclic amines) is 1. The Bertz CT molecular complexity index is 321. The van der Waals surface area contributed by atoms with Crippen molar-refractivity contribution in [1.29, 1.82) is 0 Å². The first-order valence-electron chi connectivity index (χ1n) is 7.72. The minimum Gasteiger partial charge on any atom is -0.353 e. The zero-order valence-corrected chi connectivity index (χ0v) is 12.6. The third kappa shape index (κ3) is 3.69. The average molecular weight is 267 g/mol. The van der Waals surface area contributed by atoms with Gasteiger partial charge in [0.1, 0.15) is 0 Å². The van der Waals surface area contributed by atoms with E-state index in [-0.39, 0.29) is 17.9 Å². The van der Waals surface area contributed by atoms with Gasteiger partial charge in [-0.3, -0.25) is 4.79 Å². The summed E-state index contributed by atoms with van der Waals surface area (Å²) < 4.78 is 0. The molecule has 5 unspecified atom stereocenters. The van der Waals surface area contributed by atoms with Crippen molar-refractivity contribution in [2.75, 3.05) is 20.1 Å². The lowest BCUT2D eigenvalue weighted by Gasteiger charge is -2.37. The first-order valence-corrected chi connectivity index (χ1v) is 7.72. The second kappa shape index (κ2) is 6.23. The standard InChI is InChI=1S/C15H29N3O/c1-10-4-5-12(8-13(10)16)15(19)17-14-6-7-18(3)9-11(14)2/h10-14H,4-9,16H2,1-3H3,(H,17,19). The summed E-state index contributed by atoms with van der Waals surface area (Å²) in [6, 6.07) is 0.540. The summed E-state index contributed by atoms with van der Waals surface area (Å²) in [5.74, 6) is 1.48. The molecule has 0 aromatic rings. The van der Waals surface area contributed by atoms with Gasteiger partial charge in [0.15, 0.2) is 0 Å². The van der Waals surface area contributed by atoms with Gasteiger partial charge in [-0.15, -0.1) is 0 Å². The van der Waals surface area contributed by atoms with Crippen molar-refractivity contribution < 1.29 is 4.79 Å². The Labute approximate surface area is 117 Å². The molecule has 5 atom stereocenters. The number of carbonyl (C=O) groups is 1. The van der Waals surface area contributed by atoms with E-state index in [2.05, 4.69) is 31.1 Å². The molecular weight excluding hydrogens is 238 g/mol. The zero-order valence-electron chi connectivity index (χ0n) is 12.6. The van der Waals surface area contributed by atoms with E-state index >= 15 is 0 Å². The number of nitrogens with two attached hydrogens (primary N) is 1. The third-order valence-corrected chi connectivity index (χ3v) is 5.06. The minimum atomic E-state index is 0.137. The topological polar surface area (TPSA) is 58.4 Å². The van der Waals surface area contributed by atoms with Gasteiger partial charge in [-0.2, -0.15) is 0 Å². The SMILES string of the molecule is CC1CCC(C(=O)NC2CCN(C)CC2C)CC1N. The Kier molecular flexibility index (Phi) is 4.85. The lowest BCUT2D eigenvalue weighted by molar-refractivity contribution is -0.127. The van der Waals surface area contributed by atoms with Crippen molar-refractivity contribution >= 4 is 5.91 Å². The van der Waals surface area contributed by atoms with E-state index in [9.17, 15) is 4.79 Å². The molecule has 1 aliphatic heterocycles. The smallest absolute Gasteiger partial charge is 0.223 e. The molecule has 1 saturated carbocycles. The Hall–Kier alpha value is -0.610. The molecule has 4 heteroatoms. The quantitative estimate of drug-likeness (QED) is 0.790. The maximum absolute atomic E-state index is 12.4. The molecule has 4 nitrogen and oxygen atoms in total. The molecule has 0 aromatic heterocycles. The maximum atomic E-state index is 12.4. The molecule has 2 fully saturated rings. The number of amides is 1. The van der Waals surface area contributed by atoms with E-state index in [0.717, 1.165) is 38.8 Å². The molecule has 110 valence electrons. The van der Waals surface area contributed by atoms with Crippen molar-refractivity contribution in [3.63, 3.8) is 0 Å². The molecule has 1 aliphatic carbocycles. The van der Waals surface area contributed by atoms with E-state index in [1.165, 1.54) is 0 Å². The Balaban J connectivity index is 1.84. The van der Waals surface area contributed by atoms with Gasteiger partial charge >= 0.3 is 0 Å². The molecule has 0 radical (unpaired) electrons. The predicted octanol–water partition coefficient (Wildman–Crippen LogP) is 1.21. The van der Waals surface area contributed by atoms with Crippen LogP contribution < -0.4 is 11.1 Å². The first kappa shape index (κ1) is 14.8. The predicted molar refractivity (Wildman–Crippen MR) is 77.7 cm³/mol. The number of rotatable bonds is 2. The summed E-state index contributed by atoms with van der Waals surface area (Å²) >= 11 is 0. The van der Waals surface area contributed by atoms with Crippen LogP contribution in [0.15, 0.2) is 0 Å². The van der Waals surface area contributed by atoms with Crippen molar-refractivity contribution in [3.8, 4) is 0 Å². The second-order valence-electron chi connectivity index (χ2n) is 6.79. The highest BCUT2D eigenvalue weighted by atomic mass is 16.1. The molecule has 0 bridgehead atoms. The number of carbonyl (C=O) groups excluding carboxylic acids is 1. The number of hydrogen-bond donors (Lipinski definition) is 2. The van der Waals surface area contributed by atoms with Crippen LogP contribution in [0.2, 0.25) is 0 Å². The Morgan fingerprint density at radius 2 is 1.95 bits per heavy atom.